The summed E-state index contributed by atoms with van der Waals surface area (Å²) in [5.41, 5.74) is 0. The fraction of sp³-hybridized carbons (Fsp3) is 0.938. The number of carbonyl (C=O) groups is 1. The molecular formula is C16H31N3O3S. The smallest absolute Gasteiger partial charge is 0.319 e. The average Bonchev–Trinajstić information content (AvgIpc) is 2.49. The monoisotopic (exact) mass is 345 g/mol. The van der Waals surface area contributed by atoms with Gasteiger partial charge >= 0.3 is 6.03 Å². The van der Waals surface area contributed by atoms with Crippen LogP contribution in [-0.4, -0.2) is 85.0 Å². The van der Waals surface area contributed by atoms with Crippen LogP contribution in [0.15, 0.2) is 0 Å². The number of carbonyl (C=O) groups excluding carboxylic acids is 1. The molecule has 2 aliphatic heterocycles. The van der Waals surface area contributed by atoms with Gasteiger partial charge in [0.05, 0.1) is 10.5 Å². The predicted octanol–water partition coefficient (Wildman–Crippen LogP) is 1.42. The predicted molar refractivity (Wildman–Crippen MR) is 92.3 cm³/mol. The van der Waals surface area contributed by atoms with Gasteiger partial charge in [-0.25, -0.2) is 13.2 Å². The summed E-state index contributed by atoms with van der Waals surface area (Å²) in [5, 5.41) is 0. The molecule has 0 bridgehead atoms. The highest BCUT2D eigenvalue weighted by atomic mass is 32.2. The molecule has 2 rings (SSSR count). The summed E-state index contributed by atoms with van der Waals surface area (Å²) in [5.74, 6) is 0.241. The molecular weight excluding hydrogens is 314 g/mol. The molecule has 0 aliphatic carbocycles. The molecule has 0 radical (unpaired) electrons. The molecule has 0 aromatic rings. The maximum Gasteiger partial charge on any atom is 0.319 e. The lowest BCUT2D eigenvalue weighted by molar-refractivity contribution is 0.117. The van der Waals surface area contributed by atoms with Crippen LogP contribution in [0.1, 0.15) is 40.5 Å². The molecule has 1 spiro atoms. The molecule has 0 aromatic heterocycles. The zero-order valence-electron chi connectivity index (χ0n) is 15.1. The number of sulfone groups is 1. The minimum atomic E-state index is -3.09. The Morgan fingerprint density at radius 3 is 2.13 bits per heavy atom. The molecule has 0 saturated carbocycles. The summed E-state index contributed by atoms with van der Waals surface area (Å²) in [6.45, 7) is 10.5. The average molecular weight is 346 g/mol. The van der Waals surface area contributed by atoms with Crippen molar-refractivity contribution in [2.45, 2.75) is 57.4 Å². The van der Waals surface area contributed by atoms with Crippen molar-refractivity contribution in [3.63, 3.8) is 0 Å². The number of amides is 2. The Morgan fingerprint density at radius 2 is 1.65 bits per heavy atom. The molecule has 23 heavy (non-hydrogen) atoms. The molecule has 6 nitrogen and oxygen atoms in total. The topological polar surface area (TPSA) is 60.9 Å². The van der Waals surface area contributed by atoms with Crippen LogP contribution < -0.4 is 0 Å². The van der Waals surface area contributed by atoms with Gasteiger partial charge in [-0.1, -0.05) is 0 Å². The second-order valence-electron chi connectivity index (χ2n) is 7.54. The van der Waals surface area contributed by atoms with Gasteiger partial charge < -0.3 is 9.80 Å². The van der Waals surface area contributed by atoms with E-state index in [1.807, 2.05) is 13.8 Å². The zero-order valence-corrected chi connectivity index (χ0v) is 15.9. The summed E-state index contributed by atoms with van der Waals surface area (Å²) >= 11 is 0. The first-order chi connectivity index (χ1) is 10.6. The van der Waals surface area contributed by atoms with Crippen molar-refractivity contribution >= 4 is 15.9 Å². The van der Waals surface area contributed by atoms with E-state index in [2.05, 4.69) is 18.7 Å². The Hall–Kier alpha value is -0.820. The van der Waals surface area contributed by atoms with Crippen LogP contribution >= 0.6 is 0 Å². The Balaban J connectivity index is 2.10. The number of hydrogen-bond donors (Lipinski definition) is 0. The molecule has 2 fully saturated rings. The third kappa shape index (κ3) is 3.50. The van der Waals surface area contributed by atoms with Gasteiger partial charge in [-0.3, -0.25) is 4.90 Å². The number of rotatable bonds is 2. The van der Waals surface area contributed by atoms with E-state index in [9.17, 15) is 13.2 Å². The van der Waals surface area contributed by atoms with E-state index in [0.29, 0.717) is 45.1 Å². The van der Waals surface area contributed by atoms with Crippen LogP contribution in [0.25, 0.3) is 0 Å². The van der Waals surface area contributed by atoms with E-state index in [1.54, 1.807) is 16.8 Å². The largest absolute Gasteiger partial charge is 0.325 e. The number of nitrogens with zero attached hydrogens (tertiary/aromatic N) is 3. The van der Waals surface area contributed by atoms with Gasteiger partial charge in [-0.05, 0) is 40.5 Å². The van der Waals surface area contributed by atoms with E-state index in [4.69, 9.17) is 0 Å². The van der Waals surface area contributed by atoms with Gasteiger partial charge in [0.25, 0.3) is 0 Å². The minimum Gasteiger partial charge on any atom is -0.325 e. The standard InChI is InChI=1S/C16H31N3O3S/c1-13(2)17(5)15(20)18-8-6-16(7-9-18)12-19(14(3)4)10-11-23(16,21)22/h13-14H,6-12H2,1-5H3. The van der Waals surface area contributed by atoms with Crippen molar-refractivity contribution in [3.05, 3.63) is 0 Å². The highest BCUT2D eigenvalue weighted by Gasteiger charge is 2.50. The second kappa shape index (κ2) is 6.59. The van der Waals surface area contributed by atoms with E-state index in [0.717, 1.165) is 0 Å². The highest BCUT2D eigenvalue weighted by Crippen LogP contribution is 2.36. The van der Waals surface area contributed by atoms with Crippen molar-refractivity contribution in [2.24, 2.45) is 0 Å². The first-order valence-electron chi connectivity index (χ1n) is 8.58. The Bertz CT molecular complexity index is 537. The lowest BCUT2D eigenvalue weighted by atomic mass is 9.94. The lowest BCUT2D eigenvalue weighted by Crippen LogP contribution is -2.62. The molecule has 2 saturated heterocycles. The number of urea groups is 1. The second-order valence-corrected chi connectivity index (χ2v) is 10.0. The minimum absolute atomic E-state index is 0.00349. The fourth-order valence-electron chi connectivity index (χ4n) is 3.46. The molecule has 2 amide bonds. The summed E-state index contributed by atoms with van der Waals surface area (Å²) in [6.07, 6.45) is 1.10. The Kier molecular flexibility index (Phi) is 5.31. The van der Waals surface area contributed by atoms with Gasteiger partial charge in [-0.2, -0.15) is 0 Å². The molecule has 0 aromatic carbocycles. The van der Waals surface area contributed by atoms with E-state index in [1.165, 1.54) is 0 Å². The molecule has 2 aliphatic rings. The Labute approximate surface area is 140 Å². The molecule has 0 unspecified atom stereocenters. The van der Waals surface area contributed by atoms with Crippen molar-refractivity contribution in [3.8, 4) is 0 Å². The van der Waals surface area contributed by atoms with Gasteiger partial charge in [0.1, 0.15) is 0 Å². The third-order valence-electron chi connectivity index (χ3n) is 5.55. The molecule has 134 valence electrons. The van der Waals surface area contributed by atoms with Crippen LogP contribution in [0.3, 0.4) is 0 Å². The maximum absolute atomic E-state index is 12.7. The van der Waals surface area contributed by atoms with Crippen LogP contribution in [0, 0.1) is 0 Å². The van der Waals surface area contributed by atoms with Crippen LogP contribution in [-0.2, 0) is 9.84 Å². The van der Waals surface area contributed by atoms with Gasteiger partial charge in [0.2, 0.25) is 0 Å². The summed E-state index contributed by atoms with van der Waals surface area (Å²) in [7, 11) is -1.29. The fourth-order valence-corrected chi connectivity index (χ4v) is 5.54. The Morgan fingerprint density at radius 1 is 1.09 bits per heavy atom. The van der Waals surface area contributed by atoms with E-state index in [-0.39, 0.29) is 17.8 Å². The van der Waals surface area contributed by atoms with E-state index >= 15 is 0 Å². The van der Waals surface area contributed by atoms with E-state index < -0.39 is 14.6 Å². The number of piperidine rings is 1. The van der Waals surface area contributed by atoms with Crippen LogP contribution in [0.5, 0.6) is 0 Å². The van der Waals surface area contributed by atoms with Crippen molar-refractivity contribution in [1.29, 1.82) is 0 Å². The zero-order chi connectivity index (χ0) is 17.4. The first kappa shape index (κ1) is 18.5. The first-order valence-corrected chi connectivity index (χ1v) is 10.2. The quantitative estimate of drug-likeness (QED) is 0.759. The highest BCUT2D eigenvalue weighted by molar-refractivity contribution is 7.92. The molecule has 7 heteroatoms. The number of hydrogen-bond acceptors (Lipinski definition) is 4. The normalized spacial score (nSPS) is 24.4. The van der Waals surface area contributed by atoms with Gasteiger partial charge in [0, 0.05) is 45.3 Å². The summed E-state index contributed by atoms with van der Waals surface area (Å²) in [4.78, 5) is 18.2. The maximum atomic E-state index is 12.7. The van der Waals surface area contributed by atoms with Crippen LogP contribution in [0.2, 0.25) is 0 Å². The number of likely N-dealkylation sites (tertiary alicyclic amines) is 1. The molecule has 0 N–H and O–H groups in total. The molecule has 2 heterocycles. The lowest BCUT2D eigenvalue weighted by Gasteiger charge is -2.48. The summed E-state index contributed by atoms with van der Waals surface area (Å²) in [6, 6.07) is 0.506. The van der Waals surface area contributed by atoms with Crippen LogP contribution in [0.4, 0.5) is 4.79 Å². The molecule has 0 atom stereocenters. The third-order valence-corrected chi connectivity index (χ3v) is 8.13. The van der Waals surface area contributed by atoms with Crippen molar-refractivity contribution in [2.75, 3.05) is 39.0 Å². The van der Waals surface area contributed by atoms with Gasteiger partial charge in [-0.15, -0.1) is 0 Å². The SMILES string of the molecule is CC(C)N1CCS(=O)(=O)C2(CCN(C(=O)N(C)C(C)C)CC2)C1. The van der Waals surface area contributed by atoms with Crippen molar-refractivity contribution in [1.82, 2.24) is 14.7 Å². The summed E-state index contributed by atoms with van der Waals surface area (Å²) < 4.78 is 24.7. The van der Waals surface area contributed by atoms with Crippen molar-refractivity contribution < 1.29 is 13.2 Å². The van der Waals surface area contributed by atoms with Gasteiger partial charge in [0.15, 0.2) is 9.84 Å².